The van der Waals surface area contributed by atoms with Crippen molar-refractivity contribution in [2.24, 2.45) is 4.99 Å². The second-order valence-electron chi connectivity index (χ2n) is 2.31. The average molecular weight is 127 g/mol. The van der Waals surface area contributed by atoms with Crippen LogP contribution in [0.25, 0.3) is 0 Å². The third kappa shape index (κ3) is 2.14. The van der Waals surface area contributed by atoms with E-state index in [1.807, 2.05) is 6.21 Å². The van der Waals surface area contributed by atoms with Gasteiger partial charge in [-0.15, -0.1) is 0 Å². The standard InChI is InChI=1S/C7H13NO/c1-9-7-5-3-2-4-6-8-7/h6-7H,2-5H2,1H3. The molecule has 0 N–H and O–H groups in total. The van der Waals surface area contributed by atoms with Crippen LogP contribution in [0.4, 0.5) is 0 Å². The van der Waals surface area contributed by atoms with Gasteiger partial charge in [-0.05, 0) is 25.7 Å². The minimum absolute atomic E-state index is 0.146. The summed E-state index contributed by atoms with van der Waals surface area (Å²) in [5.41, 5.74) is 0. The number of hydrogen-bond acceptors (Lipinski definition) is 2. The van der Waals surface area contributed by atoms with E-state index in [2.05, 4.69) is 4.99 Å². The minimum Gasteiger partial charge on any atom is -0.360 e. The van der Waals surface area contributed by atoms with Crippen LogP contribution in [-0.2, 0) is 4.74 Å². The van der Waals surface area contributed by atoms with Crippen LogP contribution >= 0.6 is 0 Å². The lowest BCUT2D eigenvalue weighted by Crippen LogP contribution is -2.04. The Hall–Kier alpha value is -0.370. The van der Waals surface area contributed by atoms with Crippen molar-refractivity contribution in [3.05, 3.63) is 0 Å². The molecule has 0 aliphatic carbocycles. The van der Waals surface area contributed by atoms with E-state index in [0.29, 0.717) is 0 Å². The zero-order valence-corrected chi connectivity index (χ0v) is 5.84. The Bertz CT molecular complexity index is 101. The van der Waals surface area contributed by atoms with Gasteiger partial charge in [0.15, 0.2) is 0 Å². The lowest BCUT2D eigenvalue weighted by Gasteiger charge is -2.05. The highest BCUT2D eigenvalue weighted by Gasteiger charge is 2.04. The molecule has 1 aliphatic rings. The molecule has 1 atom stereocenters. The summed E-state index contributed by atoms with van der Waals surface area (Å²) in [4.78, 5) is 4.19. The zero-order valence-electron chi connectivity index (χ0n) is 5.84. The average Bonchev–Trinajstić information content (AvgIpc) is 2.13. The maximum atomic E-state index is 5.07. The van der Waals surface area contributed by atoms with E-state index < -0.39 is 0 Å². The van der Waals surface area contributed by atoms with Crippen LogP contribution < -0.4 is 0 Å². The number of rotatable bonds is 1. The third-order valence-electron chi connectivity index (χ3n) is 1.58. The fourth-order valence-electron chi connectivity index (χ4n) is 1.000. The molecule has 2 nitrogen and oxygen atoms in total. The van der Waals surface area contributed by atoms with Gasteiger partial charge in [-0.3, -0.25) is 4.99 Å². The molecule has 0 fully saturated rings. The monoisotopic (exact) mass is 127 g/mol. The van der Waals surface area contributed by atoms with Gasteiger partial charge in [0.05, 0.1) is 0 Å². The SMILES string of the molecule is COC1CCCCC=N1. The highest BCUT2D eigenvalue weighted by Crippen LogP contribution is 2.09. The van der Waals surface area contributed by atoms with Gasteiger partial charge in [-0.1, -0.05) is 0 Å². The molecule has 1 aliphatic heterocycles. The largest absolute Gasteiger partial charge is 0.360 e. The molecule has 52 valence electrons. The summed E-state index contributed by atoms with van der Waals surface area (Å²) in [5.74, 6) is 0. The van der Waals surface area contributed by atoms with E-state index in [1.165, 1.54) is 12.8 Å². The molecule has 2 heteroatoms. The van der Waals surface area contributed by atoms with E-state index in [0.717, 1.165) is 12.8 Å². The molecular formula is C7H13NO. The quantitative estimate of drug-likeness (QED) is 0.524. The maximum Gasteiger partial charge on any atom is 0.147 e. The van der Waals surface area contributed by atoms with Gasteiger partial charge in [0, 0.05) is 13.3 Å². The number of methoxy groups -OCH3 is 1. The van der Waals surface area contributed by atoms with Gasteiger partial charge < -0.3 is 4.74 Å². The predicted octanol–water partition coefficient (Wildman–Crippen LogP) is 1.60. The van der Waals surface area contributed by atoms with Crippen LogP contribution in [0.1, 0.15) is 25.7 Å². The van der Waals surface area contributed by atoms with Crippen molar-refractivity contribution >= 4 is 6.21 Å². The van der Waals surface area contributed by atoms with Crippen molar-refractivity contribution in [2.45, 2.75) is 31.9 Å². The van der Waals surface area contributed by atoms with Gasteiger partial charge in [-0.25, -0.2) is 0 Å². The number of aliphatic imine (C=N–C) groups is 1. The van der Waals surface area contributed by atoms with Crippen LogP contribution in [0, 0.1) is 0 Å². The second kappa shape index (κ2) is 3.62. The van der Waals surface area contributed by atoms with E-state index in [9.17, 15) is 0 Å². The number of hydrogen-bond donors (Lipinski definition) is 0. The van der Waals surface area contributed by atoms with Crippen molar-refractivity contribution in [3.8, 4) is 0 Å². The Morgan fingerprint density at radius 1 is 1.56 bits per heavy atom. The molecular weight excluding hydrogens is 114 g/mol. The van der Waals surface area contributed by atoms with Gasteiger partial charge in [0.25, 0.3) is 0 Å². The van der Waals surface area contributed by atoms with E-state index in [-0.39, 0.29) is 6.23 Å². The first kappa shape index (κ1) is 6.75. The first-order chi connectivity index (χ1) is 4.43. The molecule has 9 heavy (non-hydrogen) atoms. The molecule has 0 radical (unpaired) electrons. The smallest absolute Gasteiger partial charge is 0.147 e. The van der Waals surface area contributed by atoms with Crippen LogP contribution in [0.3, 0.4) is 0 Å². The van der Waals surface area contributed by atoms with E-state index >= 15 is 0 Å². The van der Waals surface area contributed by atoms with Gasteiger partial charge in [-0.2, -0.15) is 0 Å². The van der Waals surface area contributed by atoms with Crippen LogP contribution in [0.2, 0.25) is 0 Å². The molecule has 0 spiro atoms. The molecule has 0 saturated carbocycles. The third-order valence-corrected chi connectivity index (χ3v) is 1.58. The second-order valence-corrected chi connectivity index (χ2v) is 2.31. The Balaban J connectivity index is 2.33. The summed E-state index contributed by atoms with van der Waals surface area (Å²) in [6.07, 6.45) is 6.85. The van der Waals surface area contributed by atoms with Gasteiger partial charge in [0.2, 0.25) is 0 Å². The fourth-order valence-corrected chi connectivity index (χ4v) is 1.000. The molecule has 0 bridgehead atoms. The molecule has 0 amide bonds. The summed E-state index contributed by atoms with van der Waals surface area (Å²) in [6.45, 7) is 0. The molecule has 0 aromatic heterocycles. The molecule has 0 aromatic rings. The lowest BCUT2D eigenvalue weighted by atomic mass is 10.2. The molecule has 0 saturated heterocycles. The summed E-state index contributed by atoms with van der Waals surface area (Å²) in [6, 6.07) is 0. The normalized spacial score (nSPS) is 27.9. The highest BCUT2D eigenvalue weighted by atomic mass is 16.5. The lowest BCUT2D eigenvalue weighted by molar-refractivity contribution is 0.103. The fraction of sp³-hybridized carbons (Fsp3) is 0.857. The summed E-state index contributed by atoms with van der Waals surface area (Å²) in [5, 5.41) is 0. The topological polar surface area (TPSA) is 21.6 Å². The van der Waals surface area contributed by atoms with Gasteiger partial charge in [0.1, 0.15) is 6.23 Å². The van der Waals surface area contributed by atoms with E-state index in [1.54, 1.807) is 7.11 Å². The summed E-state index contributed by atoms with van der Waals surface area (Å²) >= 11 is 0. The van der Waals surface area contributed by atoms with Crippen molar-refractivity contribution < 1.29 is 4.74 Å². The Morgan fingerprint density at radius 3 is 3.22 bits per heavy atom. The predicted molar refractivity (Wildman–Crippen MR) is 37.8 cm³/mol. The molecule has 1 rings (SSSR count). The first-order valence-electron chi connectivity index (χ1n) is 3.48. The van der Waals surface area contributed by atoms with Crippen molar-refractivity contribution in [1.29, 1.82) is 0 Å². The molecule has 0 aromatic carbocycles. The summed E-state index contributed by atoms with van der Waals surface area (Å²) < 4.78 is 5.07. The van der Waals surface area contributed by atoms with Crippen LogP contribution in [-0.4, -0.2) is 19.6 Å². The van der Waals surface area contributed by atoms with Crippen LogP contribution in [0.15, 0.2) is 4.99 Å². The van der Waals surface area contributed by atoms with Crippen molar-refractivity contribution in [3.63, 3.8) is 0 Å². The van der Waals surface area contributed by atoms with Crippen molar-refractivity contribution in [2.75, 3.05) is 7.11 Å². The minimum atomic E-state index is 0.146. The number of nitrogens with zero attached hydrogens (tertiary/aromatic N) is 1. The Morgan fingerprint density at radius 2 is 2.44 bits per heavy atom. The van der Waals surface area contributed by atoms with Crippen molar-refractivity contribution in [1.82, 2.24) is 0 Å². The Labute approximate surface area is 55.9 Å². The zero-order chi connectivity index (χ0) is 6.53. The van der Waals surface area contributed by atoms with Gasteiger partial charge >= 0.3 is 0 Å². The molecule has 1 unspecified atom stereocenters. The number of ether oxygens (including phenoxy) is 1. The maximum absolute atomic E-state index is 5.07. The molecule has 1 heterocycles. The Kier molecular flexibility index (Phi) is 2.71. The van der Waals surface area contributed by atoms with E-state index in [4.69, 9.17) is 4.74 Å². The summed E-state index contributed by atoms with van der Waals surface area (Å²) in [7, 11) is 1.72. The first-order valence-corrected chi connectivity index (χ1v) is 3.48. The van der Waals surface area contributed by atoms with Crippen LogP contribution in [0.5, 0.6) is 0 Å². The highest BCUT2D eigenvalue weighted by molar-refractivity contribution is 5.57.